The average Bonchev–Trinajstić information content (AvgIpc) is 3.34. The summed E-state index contributed by atoms with van der Waals surface area (Å²) < 4.78 is 10.3. The zero-order valence-electron chi connectivity index (χ0n) is 16.3. The van der Waals surface area contributed by atoms with Crippen LogP contribution in [0.4, 0.5) is 0 Å². The van der Waals surface area contributed by atoms with E-state index in [0.717, 1.165) is 25.2 Å². The van der Waals surface area contributed by atoms with Crippen molar-refractivity contribution in [1.82, 2.24) is 25.1 Å². The third-order valence-corrected chi connectivity index (χ3v) is 5.66. The summed E-state index contributed by atoms with van der Waals surface area (Å²) in [6.45, 7) is 4.90. The topological polar surface area (TPSA) is 106 Å². The lowest BCUT2D eigenvalue weighted by Gasteiger charge is -2.27. The molecule has 1 aliphatic carbocycles. The summed E-state index contributed by atoms with van der Waals surface area (Å²) in [6.07, 6.45) is 4.71. The molecule has 150 valence electrons. The molecule has 0 radical (unpaired) electrons. The summed E-state index contributed by atoms with van der Waals surface area (Å²) in [7, 11) is 0. The number of hydrogen-bond acceptors (Lipinski definition) is 7. The van der Waals surface area contributed by atoms with Crippen molar-refractivity contribution in [1.29, 1.82) is 0 Å². The maximum atomic E-state index is 12.5. The number of rotatable bonds is 6. The van der Waals surface area contributed by atoms with Gasteiger partial charge in [0.1, 0.15) is 5.76 Å². The van der Waals surface area contributed by atoms with Gasteiger partial charge >= 0.3 is 0 Å². The Hall–Kier alpha value is -2.71. The first-order valence-corrected chi connectivity index (χ1v) is 9.83. The Labute approximate surface area is 163 Å². The zero-order chi connectivity index (χ0) is 19.7. The van der Waals surface area contributed by atoms with Crippen molar-refractivity contribution in [2.45, 2.75) is 57.9 Å². The normalized spacial score (nSPS) is 19.6. The van der Waals surface area contributed by atoms with Crippen LogP contribution in [0.5, 0.6) is 0 Å². The number of carbonyl (C=O) groups is 2. The van der Waals surface area contributed by atoms with Gasteiger partial charge in [-0.3, -0.25) is 9.59 Å². The van der Waals surface area contributed by atoms with Gasteiger partial charge in [0.2, 0.25) is 11.8 Å². The van der Waals surface area contributed by atoms with Gasteiger partial charge in [-0.05, 0) is 26.2 Å². The molecule has 9 nitrogen and oxygen atoms in total. The minimum atomic E-state index is -0.161. The maximum absolute atomic E-state index is 12.5. The lowest BCUT2D eigenvalue weighted by Crippen LogP contribution is -2.42. The molecule has 28 heavy (non-hydrogen) atoms. The number of aromatic nitrogens is 3. The summed E-state index contributed by atoms with van der Waals surface area (Å²) in [5.41, 5.74) is 0.308. The summed E-state index contributed by atoms with van der Waals surface area (Å²) >= 11 is 0. The maximum Gasteiger partial charge on any atom is 0.276 e. The van der Waals surface area contributed by atoms with Gasteiger partial charge in [-0.25, -0.2) is 0 Å². The van der Waals surface area contributed by atoms with Gasteiger partial charge in [-0.2, -0.15) is 4.98 Å². The molecular formula is C19H25N5O4. The largest absolute Gasteiger partial charge is 0.361 e. The van der Waals surface area contributed by atoms with Crippen LogP contribution < -0.4 is 0 Å². The van der Waals surface area contributed by atoms with Crippen LogP contribution in [0.1, 0.15) is 66.5 Å². The van der Waals surface area contributed by atoms with Gasteiger partial charge in [0.15, 0.2) is 11.5 Å². The number of nitrogens with zero attached hydrogens (tertiary/aromatic N) is 5. The fourth-order valence-corrected chi connectivity index (χ4v) is 3.82. The fourth-order valence-electron chi connectivity index (χ4n) is 3.82. The monoisotopic (exact) mass is 387 g/mol. The van der Waals surface area contributed by atoms with Crippen molar-refractivity contribution in [3.63, 3.8) is 0 Å². The minimum Gasteiger partial charge on any atom is -0.361 e. The van der Waals surface area contributed by atoms with Crippen LogP contribution in [0.15, 0.2) is 15.1 Å². The molecule has 0 N–H and O–H groups in total. The Bertz CT molecular complexity index is 856. The van der Waals surface area contributed by atoms with E-state index in [-0.39, 0.29) is 17.9 Å². The molecule has 2 aromatic heterocycles. The Morgan fingerprint density at radius 1 is 1.25 bits per heavy atom. The zero-order valence-corrected chi connectivity index (χ0v) is 16.3. The van der Waals surface area contributed by atoms with Crippen LogP contribution in [0.25, 0.3) is 0 Å². The highest BCUT2D eigenvalue weighted by Crippen LogP contribution is 2.35. The van der Waals surface area contributed by atoms with E-state index in [1.807, 2.05) is 0 Å². The van der Waals surface area contributed by atoms with Crippen LogP contribution in [-0.2, 0) is 11.2 Å². The SMILES string of the molecule is CC(=O)N(CCc1noc(C2CCC2)n1)C1CCN(C(=O)c2cc(C)on2)C1. The van der Waals surface area contributed by atoms with Crippen LogP contribution >= 0.6 is 0 Å². The molecule has 9 heteroatoms. The average molecular weight is 387 g/mol. The molecule has 1 atom stereocenters. The molecular weight excluding hydrogens is 362 g/mol. The van der Waals surface area contributed by atoms with Crippen molar-refractivity contribution in [3.05, 3.63) is 29.2 Å². The third-order valence-electron chi connectivity index (χ3n) is 5.66. The Kier molecular flexibility index (Phi) is 5.15. The van der Waals surface area contributed by atoms with E-state index in [9.17, 15) is 9.59 Å². The number of carbonyl (C=O) groups excluding carboxylic acids is 2. The second-order valence-corrected chi connectivity index (χ2v) is 7.66. The van der Waals surface area contributed by atoms with E-state index >= 15 is 0 Å². The molecule has 1 saturated heterocycles. The Morgan fingerprint density at radius 2 is 2.07 bits per heavy atom. The van der Waals surface area contributed by atoms with E-state index < -0.39 is 0 Å². The van der Waals surface area contributed by atoms with Gasteiger partial charge in [-0.15, -0.1) is 0 Å². The second kappa shape index (κ2) is 7.73. The molecule has 4 rings (SSSR count). The first-order valence-electron chi connectivity index (χ1n) is 9.83. The summed E-state index contributed by atoms with van der Waals surface area (Å²) in [4.78, 5) is 32.8. The van der Waals surface area contributed by atoms with Gasteiger partial charge < -0.3 is 18.8 Å². The van der Waals surface area contributed by atoms with Crippen LogP contribution in [0, 0.1) is 6.92 Å². The standard InChI is InChI=1S/C19H25N5O4/c1-12-10-16(21-27-12)19(26)23-8-6-15(11-23)24(13(2)25)9-7-17-20-18(28-22-17)14-4-3-5-14/h10,14-15H,3-9,11H2,1-2H3. The van der Waals surface area contributed by atoms with Crippen molar-refractivity contribution >= 4 is 11.8 Å². The van der Waals surface area contributed by atoms with Crippen LogP contribution in [0.2, 0.25) is 0 Å². The van der Waals surface area contributed by atoms with E-state index in [1.165, 1.54) is 6.42 Å². The highest BCUT2D eigenvalue weighted by molar-refractivity contribution is 5.92. The van der Waals surface area contributed by atoms with Gasteiger partial charge in [0.05, 0.1) is 6.04 Å². The summed E-state index contributed by atoms with van der Waals surface area (Å²) in [5, 5.41) is 7.85. The molecule has 2 aromatic rings. The highest BCUT2D eigenvalue weighted by Gasteiger charge is 2.33. The number of aryl methyl sites for hydroxylation is 1. The molecule has 2 fully saturated rings. The molecule has 1 aliphatic heterocycles. The first kappa shape index (κ1) is 18.6. The van der Waals surface area contributed by atoms with Crippen molar-refractivity contribution in [3.8, 4) is 0 Å². The fraction of sp³-hybridized carbons (Fsp3) is 0.632. The number of amides is 2. The molecule has 2 amide bonds. The molecule has 2 aliphatic rings. The Balaban J connectivity index is 1.34. The predicted octanol–water partition coefficient (Wildman–Crippen LogP) is 1.94. The third kappa shape index (κ3) is 3.79. The number of hydrogen-bond donors (Lipinski definition) is 0. The Morgan fingerprint density at radius 3 is 2.71 bits per heavy atom. The molecule has 1 unspecified atom stereocenters. The number of likely N-dealkylation sites (tertiary alicyclic amines) is 1. The van der Waals surface area contributed by atoms with Crippen LogP contribution in [-0.4, -0.2) is 62.6 Å². The summed E-state index contributed by atoms with van der Waals surface area (Å²) in [5.74, 6) is 2.18. The molecule has 3 heterocycles. The molecule has 0 aromatic carbocycles. The molecule has 0 bridgehead atoms. The highest BCUT2D eigenvalue weighted by atomic mass is 16.5. The van der Waals surface area contributed by atoms with Crippen molar-refractivity contribution < 1.29 is 18.6 Å². The second-order valence-electron chi connectivity index (χ2n) is 7.66. The lowest BCUT2D eigenvalue weighted by molar-refractivity contribution is -0.130. The predicted molar refractivity (Wildman–Crippen MR) is 97.5 cm³/mol. The van der Waals surface area contributed by atoms with Crippen molar-refractivity contribution in [2.75, 3.05) is 19.6 Å². The van der Waals surface area contributed by atoms with E-state index in [4.69, 9.17) is 9.05 Å². The smallest absolute Gasteiger partial charge is 0.276 e. The first-order chi connectivity index (χ1) is 13.5. The minimum absolute atomic E-state index is 0.0145. The van der Waals surface area contributed by atoms with Gasteiger partial charge in [-0.1, -0.05) is 16.7 Å². The molecule has 1 saturated carbocycles. The molecule has 0 spiro atoms. The quantitative estimate of drug-likeness (QED) is 0.746. The lowest BCUT2D eigenvalue weighted by atomic mass is 9.85. The van der Waals surface area contributed by atoms with E-state index in [0.29, 0.717) is 49.3 Å². The van der Waals surface area contributed by atoms with Crippen LogP contribution in [0.3, 0.4) is 0 Å². The summed E-state index contributed by atoms with van der Waals surface area (Å²) in [6, 6.07) is 1.61. The van der Waals surface area contributed by atoms with Gasteiger partial charge in [0.25, 0.3) is 5.91 Å². The van der Waals surface area contributed by atoms with Crippen molar-refractivity contribution in [2.24, 2.45) is 0 Å². The van der Waals surface area contributed by atoms with E-state index in [2.05, 4.69) is 15.3 Å². The van der Waals surface area contributed by atoms with E-state index in [1.54, 1.807) is 29.7 Å². The van der Waals surface area contributed by atoms with Gasteiger partial charge in [0, 0.05) is 45.0 Å².